The lowest BCUT2D eigenvalue weighted by molar-refractivity contribution is 0.102. The van der Waals surface area contributed by atoms with Crippen LogP contribution in [-0.2, 0) is 0 Å². The third-order valence-electron chi connectivity index (χ3n) is 2.72. The van der Waals surface area contributed by atoms with Crippen LogP contribution in [0.1, 0.15) is 20.8 Å². The van der Waals surface area contributed by atoms with Crippen LogP contribution in [0, 0.1) is 13.8 Å². The van der Waals surface area contributed by atoms with Gasteiger partial charge in [-0.15, -0.1) is 23.1 Å². The maximum Gasteiger partial charge on any atom is 0.184 e. The molecule has 1 nitrogen and oxygen atoms in total. The third-order valence-corrected chi connectivity index (χ3v) is 5.59. The molecule has 1 heterocycles. The molecule has 2 aromatic rings. The second-order valence-electron chi connectivity index (χ2n) is 4.06. The Labute approximate surface area is 124 Å². The number of carbonyl (C=O) groups is 1. The highest BCUT2D eigenvalue weighted by Crippen LogP contribution is 2.27. The zero-order valence-electron chi connectivity index (χ0n) is 10.2. The van der Waals surface area contributed by atoms with Crippen molar-refractivity contribution < 1.29 is 4.79 Å². The second-order valence-corrected chi connectivity index (χ2v) is 6.87. The number of hydrogen-bond acceptors (Lipinski definition) is 3. The van der Waals surface area contributed by atoms with Crippen LogP contribution in [-0.4, -0.2) is 11.5 Å². The largest absolute Gasteiger partial charge is 0.292 e. The zero-order valence-corrected chi connectivity index (χ0v) is 13.4. The Morgan fingerprint density at radius 1 is 1.28 bits per heavy atom. The predicted molar refractivity (Wildman–Crippen MR) is 83.0 cm³/mol. The second kappa shape index (κ2) is 6.04. The first-order chi connectivity index (χ1) is 8.58. The molecule has 0 aliphatic rings. The van der Waals surface area contributed by atoms with Gasteiger partial charge >= 0.3 is 0 Å². The van der Waals surface area contributed by atoms with Crippen LogP contribution in [0.25, 0.3) is 0 Å². The summed E-state index contributed by atoms with van der Waals surface area (Å²) >= 11 is 6.48. The van der Waals surface area contributed by atoms with Crippen LogP contribution in [0.2, 0.25) is 0 Å². The number of thiophene rings is 1. The number of carbonyl (C=O) groups excluding carboxylic acids is 1. The summed E-state index contributed by atoms with van der Waals surface area (Å²) in [5, 5.41) is 1.93. The summed E-state index contributed by atoms with van der Waals surface area (Å²) in [4.78, 5) is 14.0. The lowest BCUT2D eigenvalue weighted by Crippen LogP contribution is -2.00. The van der Waals surface area contributed by atoms with Gasteiger partial charge in [0, 0.05) is 9.37 Å². The van der Waals surface area contributed by atoms with Crippen molar-refractivity contribution in [1.29, 1.82) is 0 Å². The Hall–Kier alpha value is -0.580. The molecule has 4 heteroatoms. The average Bonchev–Trinajstić information content (AvgIpc) is 2.77. The molecule has 18 heavy (non-hydrogen) atoms. The number of aryl methyl sites for hydroxylation is 2. The third kappa shape index (κ3) is 3.25. The minimum absolute atomic E-state index is 0.181. The standard InChI is InChI=1S/C14H13BrOS2/c1-9-3-4-11(7-10(9)2)18-8-13(16)14-12(15)5-6-17-14/h3-7H,8H2,1-2H3. The predicted octanol–water partition coefficient (Wildman–Crippen LogP) is 5.10. The van der Waals surface area contributed by atoms with E-state index in [-0.39, 0.29) is 5.78 Å². The Bertz CT molecular complexity index is 575. The number of hydrogen-bond donors (Lipinski definition) is 0. The average molecular weight is 341 g/mol. The smallest absolute Gasteiger partial charge is 0.184 e. The Kier molecular flexibility index (Phi) is 4.65. The fourth-order valence-electron chi connectivity index (χ4n) is 1.51. The van der Waals surface area contributed by atoms with E-state index in [4.69, 9.17) is 0 Å². The van der Waals surface area contributed by atoms with Crippen molar-refractivity contribution in [2.75, 3.05) is 5.75 Å². The minimum Gasteiger partial charge on any atom is -0.292 e. The summed E-state index contributed by atoms with van der Waals surface area (Å²) in [6.07, 6.45) is 0. The highest BCUT2D eigenvalue weighted by Gasteiger charge is 2.11. The van der Waals surface area contributed by atoms with Gasteiger partial charge in [0.2, 0.25) is 0 Å². The molecule has 0 atom stereocenters. The van der Waals surface area contributed by atoms with Gasteiger partial charge in [0.15, 0.2) is 5.78 Å². The van der Waals surface area contributed by atoms with Crippen molar-refractivity contribution >= 4 is 44.8 Å². The van der Waals surface area contributed by atoms with Crippen LogP contribution in [0.15, 0.2) is 39.0 Å². The van der Waals surface area contributed by atoms with Gasteiger partial charge in [-0.05, 0) is 64.5 Å². The number of ketones is 1. The van der Waals surface area contributed by atoms with Crippen LogP contribution in [0.4, 0.5) is 0 Å². The van der Waals surface area contributed by atoms with E-state index in [1.165, 1.54) is 22.5 Å². The number of rotatable bonds is 4. The first-order valence-electron chi connectivity index (χ1n) is 5.54. The molecule has 94 valence electrons. The van der Waals surface area contributed by atoms with Gasteiger partial charge in [-0.1, -0.05) is 6.07 Å². The molecule has 0 N–H and O–H groups in total. The number of benzene rings is 1. The van der Waals surface area contributed by atoms with Gasteiger partial charge in [0.25, 0.3) is 0 Å². The topological polar surface area (TPSA) is 17.1 Å². The number of halogens is 1. The fraction of sp³-hybridized carbons (Fsp3) is 0.214. The quantitative estimate of drug-likeness (QED) is 0.568. The Morgan fingerprint density at radius 3 is 2.67 bits per heavy atom. The first kappa shape index (κ1) is 13.8. The Morgan fingerprint density at radius 2 is 2.06 bits per heavy atom. The maximum atomic E-state index is 12.0. The monoisotopic (exact) mass is 340 g/mol. The number of Topliss-reactive ketones (excluding diaryl/α,β-unsaturated/α-hetero) is 1. The van der Waals surface area contributed by atoms with E-state index in [1.807, 2.05) is 11.4 Å². The fourth-order valence-corrected chi connectivity index (χ4v) is 4.00. The van der Waals surface area contributed by atoms with Crippen LogP contribution >= 0.6 is 39.0 Å². The molecule has 1 aromatic carbocycles. The van der Waals surface area contributed by atoms with Crippen molar-refractivity contribution in [2.24, 2.45) is 0 Å². The van der Waals surface area contributed by atoms with Crippen LogP contribution < -0.4 is 0 Å². The summed E-state index contributed by atoms with van der Waals surface area (Å²) in [5.74, 6) is 0.668. The SMILES string of the molecule is Cc1ccc(SCC(=O)c2sccc2Br)cc1C. The molecule has 0 fully saturated rings. The van der Waals surface area contributed by atoms with Gasteiger partial charge in [-0.3, -0.25) is 4.79 Å². The molecule has 0 spiro atoms. The molecule has 0 radical (unpaired) electrons. The molecule has 0 aliphatic carbocycles. The molecule has 0 saturated heterocycles. The maximum absolute atomic E-state index is 12.0. The summed E-state index contributed by atoms with van der Waals surface area (Å²) in [6.45, 7) is 4.19. The molecular weight excluding hydrogens is 328 g/mol. The normalized spacial score (nSPS) is 10.6. The van der Waals surface area contributed by atoms with Crippen LogP contribution in [0.5, 0.6) is 0 Å². The molecule has 0 unspecified atom stereocenters. The molecular formula is C14H13BrOS2. The van der Waals surface area contributed by atoms with Gasteiger partial charge < -0.3 is 0 Å². The van der Waals surface area contributed by atoms with Gasteiger partial charge in [0.05, 0.1) is 10.6 Å². The van der Waals surface area contributed by atoms with Crippen LogP contribution in [0.3, 0.4) is 0 Å². The van der Waals surface area contributed by atoms with Crippen molar-refractivity contribution in [2.45, 2.75) is 18.7 Å². The van der Waals surface area contributed by atoms with Gasteiger partial charge in [-0.25, -0.2) is 0 Å². The van der Waals surface area contributed by atoms with E-state index >= 15 is 0 Å². The van der Waals surface area contributed by atoms with Gasteiger partial charge in [0.1, 0.15) is 0 Å². The van der Waals surface area contributed by atoms with Crippen molar-refractivity contribution in [3.05, 3.63) is 50.1 Å². The van der Waals surface area contributed by atoms with E-state index in [0.29, 0.717) is 5.75 Å². The van der Waals surface area contributed by atoms with E-state index in [1.54, 1.807) is 11.8 Å². The molecule has 0 saturated carbocycles. The first-order valence-corrected chi connectivity index (χ1v) is 8.20. The molecule has 0 amide bonds. The van der Waals surface area contributed by atoms with E-state index < -0.39 is 0 Å². The molecule has 0 aliphatic heterocycles. The van der Waals surface area contributed by atoms with E-state index in [0.717, 1.165) is 14.2 Å². The highest BCUT2D eigenvalue weighted by atomic mass is 79.9. The van der Waals surface area contributed by atoms with Crippen molar-refractivity contribution in [1.82, 2.24) is 0 Å². The van der Waals surface area contributed by atoms with Gasteiger partial charge in [-0.2, -0.15) is 0 Å². The van der Waals surface area contributed by atoms with Crippen molar-refractivity contribution in [3.63, 3.8) is 0 Å². The van der Waals surface area contributed by atoms with Crippen molar-refractivity contribution in [3.8, 4) is 0 Å². The van der Waals surface area contributed by atoms with E-state index in [9.17, 15) is 4.79 Å². The summed E-state index contributed by atoms with van der Waals surface area (Å²) < 4.78 is 0.901. The molecule has 2 rings (SSSR count). The molecule has 0 bridgehead atoms. The summed E-state index contributed by atoms with van der Waals surface area (Å²) in [7, 11) is 0. The summed E-state index contributed by atoms with van der Waals surface area (Å²) in [5.41, 5.74) is 2.55. The Balaban J connectivity index is 2.02. The lowest BCUT2D eigenvalue weighted by Gasteiger charge is -2.04. The van der Waals surface area contributed by atoms with E-state index in [2.05, 4.69) is 48.0 Å². The lowest BCUT2D eigenvalue weighted by atomic mass is 10.1. The molecule has 1 aromatic heterocycles. The number of thioether (sulfide) groups is 1. The minimum atomic E-state index is 0.181. The highest BCUT2D eigenvalue weighted by molar-refractivity contribution is 9.10. The zero-order chi connectivity index (χ0) is 13.1. The summed E-state index contributed by atoms with van der Waals surface area (Å²) in [6, 6.07) is 8.22.